The Morgan fingerprint density at radius 2 is 0.756 bits per heavy atom. The van der Waals surface area contributed by atoms with Gasteiger partial charge in [-0.2, -0.15) is 0 Å². The van der Waals surface area contributed by atoms with Gasteiger partial charge in [-0.1, -0.05) is 97.1 Å². The summed E-state index contributed by atoms with van der Waals surface area (Å²) in [7, 11) is 0. The van der Waals surface area contributed by atoms with E-state index in [-0.39, 0.29) is 0 Å². The Kier molecular flexibility index (Phi) is 4.61. The number of hydrogen-bond acceptors (Lipinski definition) is 3. The third-order valence-electron chi connectivity index (χ3n) is 8.23. The fraction of sp³-hybridized carbons (Fsp3) is 0. The van der Waals surface area contributed by atoms with Crippen molar-refractivity contribution in [3.63, 3.8) is 0 Å². The van der Waals surface area contributed by atoms with Gasteiger partial charge in [-0.15, -0.1) is 0 Å². The minimum absolute atomic E-state index is 0.864. The number of benzene rings is 7. The molecular formula is C38H23NO2. The number of fused-ring (bicyclic) bond motifs is 9. The molecule has 0 radical (unpaired) electrons. The van der Waals surface area contributed by atoms with Gasteiger partial charge in [0.2, 0.25) is 0 Å². The number of hydrogen-bond donors (Lipinski definition) is 0. The first-order valence-electron chi connectivity index (χ1n) is 13.9. The maximum absolute atomic E-state index is 6.37. The Labute approximate surface area is 235 Å². The van der Waals surface area contributed by atoms with E-state index in [9.17, 15) is 0 Å². The van der Waals surface area contributed by atoms with Crippen LogP contribution < -0.4 is 4.90 Å². The number of para-hydroxylation sites is 2. The van der Waals surface area contributed by atoms with Crippen LogP contribution in [0.25, 0.3) is 65.4 Å². The van der Waals surface area contributed by atoms with E-state index in [1.807, 2.05) is 24.3 Å². The molecule has 2 aromatic heterocycles. The number of anilines is 3. The van der Waals surface area contributed by atoms with Crippen molar-refractivity contribution >= 4 is 82.5 Å². The van der Waals surface area contributed by atoms with E-state index in [1.165, 1.54) is 21.5 Å². The SMILES string of the molecule is c1ccc2c(c1)ccc1cccc(N(c3cccc4oc5ccccc5c34)c3cccc4oc5ccccc5c34)c12. The Bertz CT molecular complexity index is 2330. The molecule has 9 aromatic rings. The largest absolute Gasteiger partial charge is 0.456 e. The summed E-state index contributed by atoms with van der Waals surface area (Å²) in [4.78, 5) is 2.41. The maximum Gasteiger partial charge on any atom is 0.137 e. The predicted octanol–water partition coefficient (Wildman–Crippen LogP) is 11.3. The van der Waals surface area contributed by atoms with Gasteiger partial charge in [0.1, 0.15) is 22.3 Å². The highest BCUT2D eigenvalue weighted by Gasteiger charge is 2.24. The molecule has 9 rings (SSSR count). The summed E-state index contributed by atoms with van der Waals surface area (Å²) >= 11 is 0. The Morgan fingerprint density at radius 3 is 1.39 bits per heavy atom. The lowest BCUT2D eigenvalue weighted by atomic mass is 9.98. The molecule has 0 spiro atoms. The Hall–Kier alpha value is -5.54. The van der Waals surface area contributed by atoms with Crippen molar-refractivity contribution in [3.05, 3.63) is 140 Å². The zero-order valence-corrected chi connectivity index (χ0v) is 22.0. The quantitative estimate of drug-likeness (QED) is 0.215. The van der Waals surface area contributed by atoms with Crippen LogP contribution in [0.2, 0.25) is 0 Å². The van der Waals surface area contributed by atoms with Crippen molar-refractivity contribution in [2.45, 2.75) is 0 Å². The highest BCUT2D eigenvalue weighted by molar-refractivity contribution is 6.21. The zero-order valence-electron chi connectivity index (χ0n) is 22.0. The topological polar surface area (TPSA) is 29.5 Å². The van der Waals surface area contributed by atoms with Crippen LogP contribution in [0.5, 0.6) is 0 Å². The molecule has 0 atom stereocenters. The molecular weight excluding hydrogens is 502 g/mol. The molecule has 0 aliphatic heterocycles. The molecule has 41 heavy (non-hydrogen) atoms. The standard InChI is InChI=1S/C38H23NO2/c1-2-12-26-24(10-1)22-23-25-11-7-15-29(36(25)26)39(30-16-8-20-34-37(30)27-13-3-5-18-32(27)40-34)31-17-9-21-35-38(31)28-14-4-6-19-33(28)41-35/h1-23H. The van der Waals surface area contributed by atoms with Crippen molar-refractivity contribution in [2.24, 2.45) is 0 Å². The van der Waals surface area contributed by atoms with E-state index in [2.05, 4.69) is 120 Å². The summed E-state index contributed by atoms with van der Waals surface area (Å²) in [6.07, 6.45) is 0. The summed E-state index contributed by atoms with van der Waals surface area (Å²) in [5.41, 5.74) is 6.72. The Morgan fingerprint density at radius 1 is 0.317 bits per heavy atom. The first kappa shape index (κ1) is 22.3. The smallest absolute Gasteiger partial charge is 0.137 e. The normalized spacial score (nSPS) is 11.9. The van der Waals surface area contributed by atoms with E-state index < -0.39 is 0 Å². The third-order valence-corrected chi connectivity index (χ3v) is 8.23. The second-order valence-electron chi connectivity index (χ2n) is 10.5. The molecule has 192 valence electrons. The van der Waals surface area contributed by atoms with E-state index in [0.29, 0.717) is 0 Å². The monoisotopic (exact) mass is 525 g/mol. The van der Waals surface area contributed by atoms with E-state index in [4.69, 9.17) is 8.83 Å². The summed E-state index contributed by atoms with van der Waals surface area (Å²) in [5, 5.41) is 9.20. The maximum atomic E-state index is 6.37. The first-order chi connectivity index (χ1) is 20.3. The number of nitrogens with zero attached hydrogens (tertiary/aromatic N) is 1. The van der Waals surface area contributed by atoms with Gasteiger partial charge in [-0.05, 0) is 58.6 Å². The van der Waals surface area contributed by atoms with Crippen LogP contribution in [-0.2, 0) is 0 Å². The molecule has 0 bridgehead atoms. The summed E-state index contributed by atoms with van der Waals surface area (Å²) in [6, 6.07) is 48.9. The highest BCUT2D eigenvalue weighted by atomic mass is 16.3. The predicted molar refractivity (Wildman–Crippen MR) is 171 cm³/mol. The minimum Gasteiger partial charge on any atom is -0.456 e. The number of rotatable bonds is 3. The van der Waals surface area contributed by atoms with Gasteiger partial charge in [0.25, 0.3) is 0 Å². The van der Waals surface area contributed by atoms with E-state index >= 15 is 0 Å². The first-order valence-corrected chi connectivity index (χ1v) is 13.9. The summed E-state index contributed by atoms with van der Waals surface area (Å²) in [5.74, 6) is 0. The van der Waals surface area contributed by atoms with Gasteiger partial charge in [0.15, 0.2) is 0 Å². The molecule has 0 amide bonds. The van der Waals surface area contributed by atoms with Gasteiger partial charge in [-0.25, -0.2) is 0 Å². The van der Waals surface area contributed by atoms with Crippen molar-refractivity contribution in [3.8, 4) is 0 Å². The molecule has 3 heteroatoms. The lowest BCUT2D eigenvalue weighted by Gasteiger charge is -2.28. The van der Waals surface area contributed by atoms with Crippen molar-refractivity contribution in [1.82, 2.24) is 0 Å². The van der Waals surface area contributed by atoms with Gasteiger partial charge in [0.05, 0.1) is 27.8 Å². The molecule has 3 nitrogen and oxygen atoms in total. The third kappa shape index (κ3) is 3.20. The molecule has 0 aliphatic carbocycles. The molecule has 0 saturated heterocycles. The van der Waals surface area contributed by atoms with Crippen LogP contribution in [0.15, 0.2) is 148 Å². The van der Waals surface area contributed by atoms with Gasteiger partial charge >= 0.3 is 0 Å². The molecule has 0 unspecified atom stereocenters. The second kappa shape index (κ2) is 8.48. The van der Waals surface area contributed by atoms with Crippen LogP contribution in [-0.4, -0.2) is 0 Å². The van der Waals surface area contributed by atoms with Crippen LogP contribution in [0.3, 0.4) is 0 Å². The minimum atomic E-state index is 0.864. The van der Waals surface area contributed by atoms with E-state index in [0.717, 1.165) is 60.9 Å². The highest BCUT2D eigenvalue weighted by Crippen LogP contribution is 2.49. The molecule has 0 saturated carbocycles. The van der Waals surface area contributed by atoms with Gasteiger partial charge in [-0.3, -0.25) is 0 Å². The van der Waals surface area contributed by atoms with Crippen LogP contribution in [0.1, 0.15) is 0 Å². The van der Waals surface area contributed by atoms with Gasteiger partial charge in [0, 0.05) is 16.2 Å². The average Bonchev–Trinajstić information content (AvgIpc) is 3.60. The Balaban J connectivity index is 1.49. The van der Waals surface area contributed by atoms with Crippen molar-refractivity contribution in [2.75, 3.05) is 4.90 Å². The molecule has 0 aliphatic rings. The lowest BCUT2D eigenvalue weighted by molar-refractivity contribution is 0.668. The summed E-state index contributed by atoms with van der Waals surface area (Å²) < 4.78 is 12.7. The molecule has 0 N–H and O–H groups in total. The molecule has 0 fully saturated rings. The molecule has 7 aromatic carbocycles. The molecule has 2 heterocycles. The number of furan rings is 2. The summed E-state index contributed by atoms with van der Waals surface area (Å²) in [6.45, 7) is 0. The fourth-order valence-corrected chi connectivity index (χ4v) is 6.50. The van der Waals surface area contributed by atoms with E-state index in [1.54, 1.807) is 0 Å². The van der Waals surface area contributed by atoms with Gasteiger partial charge < -0.3 is 13.7 Å². The second-order valence-corrected chi connectivity index (χ2v) is 10.5. The zero-order chi connectivity index (χ0) is 26.9. The fourth-order valence-electron chi connectivity index (χ4n) is 6.50. The van der Waals surface area contributed by atoms with Crippen LogP contribution >= 0.6 is 0 Å². The van der Waals surface area contributed by atoms with Crippen LogP contribution in [0, 0.1) is 0 Å². The van der Waals surface area contributed by atoms with Crippen molar-refractivity contribution in [1.29, 1.82) is 0 Å². The average molecular weight is 526 g/mol. The van der Waals surface area contributed by atoms with Crippen molar-refractivity contribution < 1.29 is 8.83 Å². The lowest BCUT2D eigenvalue weighted by Crippen LogP contribution is -2.11. The van der Waals surface area contributed by atoms with Crippen LogP contribution in [0.4, 0.5) is 17.1 Å².